The van der Waals surface area contributed by atoms with Gasteiger partial charge in [0, 0.05) is 23.7 Å². The number of nitrogens with one attached hydrogen (secondary N) is 1. The molecular weight excluding hydrogens is 317 g/mol. The van der Waals surface area contributed by atoms with E-state index in [0.717, 1.165) is 11.6 Å². The summed E-state index contributed by atoms with van der Waals surface area (Å²) < 4.78 is 40.1. The highest BCUT2D eigenvalue weighted by atomic mass is 35.5. The number of aromatic nitrogens is 4. The van der Waals surface area contributed by atoms with E-state index >= 15 is 0 Å². The minimum atomic E-state index is -4.47. The van der Waals surface area contributed by atoms with Gasteiger partial charge in [-0.1, -0.05) is 18.5 Å². The first kappa shape index (κ1) is 14.9. The molecule has 2 heterocycles. The topological polar surface area (TPSA) is 46.5 Å². The third kappa shape index (κ3) is 2.56. The third-order valence-electron chi connectivity index (χ3n) is 3.31. The molecule has 8 heteroatoms. The summed E-state index contributed by atoms with van der Waals surface area (Å²) in [5.41, 5.74) is 0.281. The van der Waals surface area contributed by atoms with E-state index in [9.17, 15) is 13.2 Å². The van der Waals surface area contributed by atoms with Crippen LogP contribution < -0.4 is 0 Å². The molecule has 3 rings (SSSR count). The van der Waals surface area contributed by atoms with Crippen LogP contribution in [0.3, 0.4) is 0 Å². The van der Waals surface area contributed by atoms with Crippen LogP contribution in [-0.4, -0.2) is 19.7 Å². The Labute approximate surface area is 128 Å². The summed E-state index contributed by atoms with van der Waals surface area (Å²) in [6.45, 7) is 1.89. The lowest BCUT2D eigenvalue weighted by molar-refractivity contribution is -0.141. The maximum absolute atomic E-state index is 12.9. The minimum Gasteiger partial charge on any atom is -0.303 e. The maximum Gasteiger partial charge on any atom is 0.434 e. The molecule has 0 unspecified atom stereocenters. The van der Waals surface area contributed by atoms with Gasteiger partial charge < -0.3 is 4.57 Å². The van der Waals surface area contributed by atoms with Gasteiger partial charge >= 0.3 is 6.18 Å². The number of aromatic amines is 1. The van der Waals surface area contributed by atoms with Crippen molar-refractivity contribution in [3.63, 3.8) is 0 Å². The molecule has 0 spiro atoms. The number of fused-ring (bicyclic) bond motifs is 1. The van der Waals surface area contributed by atoms with Crippen molar-refractivity contribution in [2.24, 2.45) is 0 Å². The van der Waals surface area contributed by atoms with Crippen LogP contribution in [0.1, 0.15) is 24.9 Å². The van der Waals surface area contributed by atoms with E-state index in [2.05, 4.69) is 15.2 Å². The van der Waals surface area contributed by atoms with Crippen molar-refractivity contribution >= 4 is 22.5 Å². The molecule has 2 aromatic heterocycles. The SMILES string of the molecule is CCCc1nc(C(F)(F)F)cn1-c1cc(Cl)c2[nH]ncc2c1. The number of nitrogens with zero attached hydrogens (tertiary/aromatic N) is 3. The molecule has 116 valence electrons. The van der Waals surface area contributed by atoms with Gasteiger partial charge in [-0.2, -0.15) is 18.3 Å². The van der Waals surface area contributed by atoms with Crippen molar-refractivity contribution in [2.45, 2.75) is 25.9 Å². The van der Waals surface area contributed by atoms with Crippen LogP contribution >= 0.6 is 11.6 Å². The average Bonchev–Trinajstić information content (AvgIpc) is 3.04. The molecule has 0 aliphatic rings. The number of alkyl halides is 3. The summed E-state index contributed by atoms with van der Waals surface area (Å²) >= 11 is 6.15. The molecular formula is C14H12ClF3N4. The van der Waals surface area contributed by atoms with Gasteiger partial charge in [0.25, 0.3) is 0 Å². The second-order valence-electron chi connectivity index (χ2n) is 4.92. The molecule has 1 aromatic carbocycles. The number of rotatable bonds is 3. The van der Waals surface area contributed by atoms with Crippen LogP contribution in [0.15, 0.2) is 24.5 Å². The zero-order valence-corrected chi connectivity index (χ0v) is 12.3. The third-order valence-corrected chi connectivity index (χ3v) is 3.60. The normalized spacial score (nSPS) is 12.2. The second kappa shape index (κ2) is 5.31. The zero-order chi connectivity index (χ0) is 15.9. The Hall–Kier alpha value is -2.02. The number of halogens is 4. The summed E-state index contributed by atoms with van der Waals surface area (Å²) in [5, 5.41) is 7.76. The predicted octanol–water partition coefficient (Wildman–Crippen LogP) is 4.37. The molecule has 0 saturated carbocycles. The first-order valence-corrected chi connectivity index (χ1v) is 7.06. The first-order chi connectivity index (χ1) is 10.4. The lowest BCUT2D eigenvalue weighted by Crippen LogP contribution is -2.05. The van der Waals surface area contributed by atoms with E-state index < -0.39 is 11.9 Å². The molecule has 0 bridgehead atoms. The molecule has 4 nitrogen and oxygen atoms in total. The van der Waals surface area contributed by atoms with Crippen molar-refractivity contribution in [2.75, 3.05) is 0 Å². The number of benzene rings is 1. The van der Waals surface area contributed by atoms with E-state index in [1.807, 2.05) is 6.92 Å². The van der Waals surface area contributed by atoms with Gasteiger partial charge in [-0.15, -0.1) is 0 Å². The Morgan fingerprint density at radius 2 is 2.09 bits per heavy atom. The number of hydrogen-bond donors (Lipinski definition) is 1. The predicted molar refractivity (Wildman–Crippen MR) is 77.2 cm³/mol. The molecule has 0 aliphatic carbocycles. The Balaban J connectivity index is 2.17. The van der Waals surface area contributed by atoms with Gasteiger partial charge in [0.15, 0.2) is 5.69 Å². The largest absolute Gasteiger partial charge is 0.434 e. The number of hydrogen-bond acceptors (Lipinski definition) is 2. The fourth-order valence-corrected chi connectivity index (χ4v) is 2.58. The maximum atomic E-state index is 12.9. The van der Waals surface area contributed by atoms with Crippen molar-refractivity contribution in [3.8, 4) is 5.69 Å². The Bertz CT molecular complexity index is 819. The minimum absolute atomic E-state index is 0.355. The average molecular weight is 329 g/mol. The van der Waals surface area contributed by atoms with Crippen LogP contribution in [0.4, 0.5) is 13.2 Å². The van der Waals surface area contributed by atoms with E-state index in [1.165, 1.54) is 4.57 Å². The van der Waals surface area contributed by atoms with Gasteiger partial charge in [0.1, 0.15) is 5.82 Å². The summed E-state index contributed by atoms with van der Waals surface area (Å²) in [6.07, 6.45) is -0.765. The fourth-order valence-electron chi connectivity index (χ4n) is 2.32. The van der Waals surface area contributed by atoms with Gasteiger partial charge in [-0.3, -0.25) is 5.10 Å². The molecule has 1 N–H and O–H groups in total. The van der Waals surface area contributed by atoms with Crippen molar-refractivity contribution in [1.29, 1.82) is 0 Å². The van der Waals surface area contributed by atoms with Crippen LogP contribution in [0.5, 0.6) is 0 Å². The van der Waals surface area contributed by atoms with Gasteiger partial charge in [-0.05, 0) is 18.6 Å². The highest BCUT2D eigenvalue weighted by Crippen LogP contribution is 2.31. The van der Waals surface area contributed by atoms with Crippen molar-refractivity contribution in [3.05, 3.63) is 41.1 Å². The summed E-state index contributed by atoms with van der Waals surface area (Å²) in [4.78, 5) is 3.72. The van der Waals surface area contributed by atoms with Crippen molar-refractivity contribution in [1.82, 2.24) is 19.7 Å². The van der Waals surface area contributed by atoms with E-state index in [1.54, 1.807) is 18.3 Å². The van der Waals surface area contributed by atoms with Crippen LogP contribution in [0.2, 0.25) is 5.02 Å². The van der Waals surface area contributed by atoms with Gasteiger partial charge in [0.2, 0.25) is 0 Å². The first-order valence-electron chi connectivity index (χ1n) is 6.68. The number of aryl methyl sites for hydroxylation is 1. The monoisotopic (exact) mass is 328 g/mol. The molecule has 0 atom stereocenters. The standard InChI is InChI=1S/C14H12ClF3N4/c1-2-3-12-20-11(14(16,17)18)7-22(12)9-4-8-6-19-21-13(8)10(15)5-9/h4-7H,2-3H2,1H3,(H,19,21). The lowest BCUT2D eigenvalue weighted by atomic mass is 10.2. The number of H-pyrrole nitrogens is 1. The van der Waals surface area contributed by atoms with Gasteiger partial charge in [0.05, 0.1) is 16.7 Å². The van der Waals surface area contributed by atoms with Crippen LogP contribution in [0, 0.1) is 0 Å². The highest BCUT2D eigenvalue weighted by molar-refractivity contribution is 6.35. The summed E-state index contributed by atoms with van der Waals surface area (Å²) in [5.74, 6) is 0.355. The zero-order valence-electron chi connectivity index (χ0n) is 11.6. The molecule has 0 aliphatic heterocycles. The molecule has 0 fully saturated rings. The second-order valence-corrected chi connectivity index (χ2v) is 5.33. The van der Waals surface area contributed by atoms with E-state index in [-0.39, 0.29) is 0 Å². The van der Waals surface area contributed by atoms with E-state index in [4.69, 9.17) is 11.6 Å². The van der Waals surface area contributed by atoms with E-state index in [0.29, 0.717) is 34.9 Å². The quantitative estimate of drug-likeness (QED) is 0.776. The van der Waals surface area contributed by atoms with Crippen molar-refractivity contribution < 1.29 is 13.2 Å². The molecule has 0 radical (unpaired) electrons. The molecule has 0 saturated heterocycles. The Morgan fingerprint density at radius 1 is 1.32 bits per heavy atom. The number of imidazole rings is 1. The Kier molecular flexibility index (Phi) is 3.60. The molecule has 3 aromatic rings. The van der Waals surface area contributed by atoms with Crippen LogP contribution in [0.25, 0.3) is 16.6 Å². The Morgan fingerprint density at radius 3 is 2.77 bits per heavy atom. The highest BCUT2D eigenvalue weighted by Gasteiger charge is 2.34. The molecule has 0 amide bonds. The van der Waals surface area contributed by atoms with Gasteiger partial charge in [-0.25, -0.2) is 4.98 Å². The summed E-state index contributed by atoms with van der Waals surface area (Å²) in [7, 11) is 0. The lowest BCUT2D eigenvalue weighted by Gasteiger charge is -2.08. The smallest absolute Gasteiger partial charge is 0.303 e. The summed E-state index contributed by atoms with van der Waals surface area (Å²) in [6, 6.07) is 3.33. The van der Waals surface area contributed by atoms with Crippen LogP contribution in [-0.2, 0) is 12.6 Å². The molecule has 22 heavy (non-hydrogen) atoms. The fraction of sp³-hybridized carbons (Fsp3) is 0.286.